The van der Waals surface area contributed by atoms with E-state index in [-0.39, 0.29) is 12.1 Å². The van der Waals surface area contributed by atoms with Crippen LogP contribution in [0.1, 0.15) is 23.2 Å². The first kappa shape index (κ1) is 10.1. The van der Waals surface area contributed by atoms with Crippen molar-refractivity contribution >= 4 is 0 Å². The Morgan fingerprint density at radius 3 is 2.64 bits per heavy atom. The van der Waals surface area contributed by atoms with E-state index < -0.39 is 12.0 Å². The third-order valence-electron chi connectivity index (χ3n) is 1.60. The first-order valence-electron chi connectivity index (χ1n) is 3.73. The smallest absolute Gasteiger partial charge is 0.245 e. The fourth-order valence-electron chi connectivity index (χ4n) is 0.975. The number of halogens is 2. The number of hydrogen-bond acceptors (Lipinski definition) is 3. The maximum atomic E-state index is 12.4. The lowest BCUT2D eigenvalue weighted by atomic mass is 10.1. The highest BCUT2D eigenvalue weighted by Gasteiger charge is 2.14. The quantitative estimate of drug-likeness (QED) is 0.721. The summed E-state index contributed by atoms with van der Waals surface area (Å²) in [5.41, 5.74) is -0.316. The van der Waals surface area contributed by atoms with Gasteiger partial charge in [-0.25, -0.2) is 13.8 Å². The van der Waals surface area contributed by atoms with Crippen molar-refractivity contribution in [2.75, 3.05) is 0 Å². The summed E-state index contributed by atoms with van der Waals surface area (Å²) in [5.74, 6) is 0. The van der Waals surface area contributed by atoms with Crippen LogP contribution in [0.5, 0.6) is 0 Å². The molecule has 0 saturated heterocycles. The average Bonchev–Trinajstić information content (AvgIpc) is 2.18. The number of nitriles is 2. The Bertz CT molecular complexity index is 415. The number of alkyl halides is 2. The van der Waals surface area contributed by atoms with Gasteiger partial charge >= 0.3 is 0 Å². The minimum atomic E-state index is -2.74. The number of hydrogen-bond donors (Lipinski definition) is 0. The lowest BCUT2D eigenvalue weighted by Gasteiger charge is -2.02. The molecule has 0 aliphatic carbocycles. The molecule has 0 unspecified atom stereocenters. The molecule has 0 radical (unpaired) electrons. The molecule has 3 nitrogen and oxygen atoms in total. The average molecular weight is 193 g/mol. The van der Waals surface area contributed by atoms with Gasteiger partial charge in [0.05, 0.1) is 18.1 Å². The molecule has 5 heteroatoms. The molecule has 0 aromatic carbocycles. The van der Waals surface area contributed by atoms with Crippen molar-refractivity contribution in [3.05, 3.63) is 29.1 Å². The highest BCUT2D eigenvalue weighted by atomic mass is 19.3. The van der Waals surface area contributed by atoms with Gasteiger partial charge in [0.2, 0.25) is 0 Å². The summed E-state index contributed by atoms with van der Waals surface area (Å²) in [4.78, 5) is 3.54. The molecular weight excluding hydrogens is 188 g/mol. The SMILES string of the molecule is N#CCc1cnc(C#N)c(C(F)F)c1. The highest BCUT2D eigenvalue weighted by Crippen LogP contribution is 2.22. The molecule has 1 rings (SSSR count). The zero-order chi connectivity index (χ0) is 10.6. The lowest BCUT2D eigenvalue weighted by Crippen LogP contribution is -1.96. The van der Waals surface area contributed by atoms with E-state index >= 15 is 0 Å². The number of nitrogens with zero attached hydrogens (tertiary/aromatic N) is 3. The first-order chi connectivity index (χ1) is 6.69. The molecule has 0 saturated carbocycles. The molecule has 0 bridgehead atoms. The maximum Gasteiger partial charge on any atom is 0.266 e. The molecule has 1 heterocycles. The molecule has 0 amide bonds. The second-order valence-corrected chi connectivity index (χ2v) is 2.53. The molecule has 0 spiro atoms. The monoisotopic (exact) mass is 193 g/mol. The summed E-state index contributed by atoms with van der Waals surface area (Å²) < 4.78 is 24.7. The summed E-state index contributed by atoms with van der Waals surface area (Å²) in [6.07, 6.45) is -1.47. The Morgan fingerprint density at radius 2 is 2.14 bits per heavy atom. The van der Waals surface area contributed by atoms with Crippen molar-refractivity contribution in [3.63, 3.8) is 0 Å². The van der Waals surface area contributed by atoms with Crippen molar-refractivity contribution in [2.45, 2.75) is 12.8 Å². The van der Waals surface area contributed by atoms with E-state index in [4.69, 9.17) is 10.5 Å². The maximum absolute atomic E-state index is 12.4. The molecule has 0 aliphatic heterocycles. The fraction of sp³-hybridized carbons (Fsp3) is 0.222. The molecule has 0 N–H and O–H groups in total. The molecule has 0 aliphatic rings. The number of aromatic nitrogens is 1. The van der Waals surface area contributed by atoms with Crippen LogP contribution in [0.2, 0.25) is 0 Å². The van der Waals surface area contributed by atoms with E-state index in [1.165, 1.54) is 6.20 Å². The van der Waals surface area contributed by atoms with Gasteiger partial charge in [-0.2, -0.15) is 10.5 Å². The van der Waals surface area contributed by atoms with Crippen LogP contribution < -0.4 is 0 Å². The van der Waals surface area contributed by atoms with Gasteiger partial charge < -0.3 is 0 Å². The van der Waals surface area contributed by atoms with Crippen molar-refractivity contribution in [3.8, 4) is 12.1 Å². The Morgan fingerprint density at radius 1 is 1.43 bits per heavy atom. The summed E-state index contributed by atoms with van der Waals surface area (Å²) in [5, 5.41) is 16.8. The Kier molecular flexibility index (Phi) is 3.09. The topological polar surface area (TPSA) is 60.5 Å². The van der Waals surface area contributed by atoms with Gasteiger partial charge in [-0.15, -0.1) is 0 Å². The van der Waals surface area contributed by atoms with E-state index in [1.807, 2.05) is 6.07 Å². The summed E-state index contributed by atoms with van der Waals surface area (Å²) in [7, 11) is 0. The van der Waals surface area contributed by atoms with Gasteiger partial charge in [0.1, 0.15) is 11.8 Å². The first-order valence-corrected chi connectivity index (χ1v) is 3.73. The van der Waals surface area contributed by atoms with Gasteiger partial charge in [-0.1, -0.05) is 0 Å². The second-order valence-electron chi connectivity index (χ2n) is 2.53. The van der Waals surface area contributed by atoms with Gasteiger partial charge in [0.25, 0.3) is 6.43 Å². The zero-order valence-corrected chi connectivity index (χ0v) is 7.04. The molecule has 1 aromatic rings. The number of rotatable bonds is 2. The predicted octanol–water partition coefficient (Wildman–Crippen LogP) is 1.96. The molecule has 1 aromatic heterocycles. The van der Waals surface area contributed by atoms with E-state index in [9.17, 15) is 8.78 Å². The van der Waals surface area contributed by atoms with Crippen molar-refractivity contribution in [1.29, 1.82) is 10.5 Å². The Hall–Kier alpha value is -2.01. The van der Waals surface area contributed by atoms with E-state index in [2.05, 4.69) is 4.98 Å². The minimum Gasteiger partial charge on any atom is -0.245 e. The van der Waals surface area contributed by atoms with Crippen LogP contribution in [0.4, 0.5) is 8.78 Å². The third-order valence-corrected chi connectivity index (χ3v) is 1.60. The number of pyridine rings is 1. The zero-order valence-electron chi connectivity index (χ0n) is 7.04. The predicted molar refractivity (Wildman–Crippen MR) is 43.2 cm³/mol. The van der Waals surface area contributed by atoms with Crippen molar-refractivity contribution in [1.82, 2.24) is 4.98 Å². The summed E-state index contributed by atoms with van der Waals surface area (Å²) in [6.45, 7) is 0. The van der Waals surface area contributed by atoms with Crippen molar-refractivity contribution in [2.24, 2.45) is 0 Å². The van der Waals surface area contributed by atoms with Gasteiger partial charge in [-0.3, -0.25) is 0 Å². The van der Waals surface area contributed by atoms with Crippen LogP contribution in [0, 0.1) is 22.7 Å². The normalized spacial score (nSPS) is 9.50. The molecule has 0 atom stereocenters. The van der Waals surface area contributed by atoms with Gasteiger partial charge in [0.15, 0.2) is 0 Å². The van der Waals surface area contributed by atoms with Crippen LogP contribution in [0.15, 0.2) is 12.3 Å². The summed E-state index contributed by atoms with van der Waals surface area (Å²) in [6, 6.07) is 4.53. The lowest BCUT2D eigenvalue weighted by molar-refractivity contribution is 0.150. The van der Waals surface area contributed by atoms with Crippen LogP contribution in [0.25, 0.3) is 0 Å². The standard InChI is InChI=1S/C9H5F2N3/c10-9(11)7-3-6(1-2-12)5-14-8(7)4-13/h3,5,9H,1H2. The van der Waals surface area contributed by atoms with E-state index in [0.717, 1.165) is 6.07 Å². The van der Waals surface area contributed by atoms with Gasteiger partial charge in [-0.05, 0) is 11.6 Å². The molecule has 0 fully saturated rings. The molecule has 70 valence electrons. The Labute approximate surface area is 79.2 Å². The molecule has 14 heavy (non-hydrogen) atoms. The van der Waals surface area contributed by atoms with Crippen LogP contribution >= 0.6 is 0 Å². The van der Waals surface area contributed by atoms with Crippen molar-refractivity contribution < 1.29 is 8.78 Å². The molecular formula is C9H5F2N3. The van der Waals surface area contributed by atoms with Gasteiger partial charge in [0, 0.05) is 6.20 Å². The second kappa shape index (κ2) is 4.29. The Balaban J connectivity index is 3.17. The van der Waals surface area contributed by atoms with E-state index in [0.29, 0.717) is 5.56 Å². The highest BCUT2D eigenvalue weighted by molar-refractivity contribution is 5.35. The minimum absolute atomic E-state index is 0.0123. The summed E-state index contributed by atoms with van der Waals surface area (Å²) >= 11 is 0. The third kappa shape index (κ3) is 2.02. The largest absolute Gasteiger partial charge is 0.266 e. The van der Waals surface area contributed by atoms with Crippen LogP contribution in [0.3, 0.4) is 0 Å². The van der Waals surface area contributed by atoms with E-state index in [1.54, 1.807) is 6.07 Å². The van der Waals surface area contributed by atoms with Crippen LogP contribution in [-0.4, -0.2) is 4.98 Å². The fourth-order valence-corrected chi connectivity index (χ4v) is 0.975. The van der Waals surface area contributed by atoms with Crippen LogP contribution in [-0.2, 0) is 6.42 Å².